The van der Waals surface area contributed by atoms with Gasteiger partial charge in [0, 0.05) is 13.1 Å². The number of aromatic nitrogens is 2. The molecule has 0 aliphatic rings. The van der Waals surface area contributed by atoms with Crippen LogP contribution in [0.2, 0.25) is 0 Å². The first-order valence-electron chi connectivity index (χ1n) is 9.06. The third-order valence-electron chi connectivity index (χ3n) is 4.58. The van der Waals surface area contributed by atoms with Crippen molar-refractivity contribution in [3.63, 3.8) is 0 Å². The highest BCUT2D eigenvalue weighted by Crippen LogP contribution is 2.23. The molecule has 3 rings (SSSR count). The first-order valence-corrected chi connectivity index (χ1v) is 9.06. The molecule has 1 aromatic heterocycles. The number of nitrogens with two attached hydrogens (primary N) is 1. The third-order valence-corrected chi connectivity index (χ3v) is 4.58. The number of carbonyl (C=O) groups is 2. The van der Waals surface area contributed by atoms with Gasteiger partial charge >= 0.3 is 11.7 Å². The van der Waals surface area contributed by atoms with E-state index in [-0.39, 0.29) is 23.7 Å². The summed E-state index contributed by atoms with van der Waals surface area (Å²) in [6.07, 6.45) is 0. The molecule has 10 heteroatoms. The van der Waals surface area contributed by atoms with E-state index in [1.54, 1.807) is 30.3 Å². The van der Waals surface area contributed by atoms with E-state index in [4.69, 9.17) is 10.5 Å². The van der Waals surface area contributed by atoms with Crippen molar-refractivity contribution in [1.29, 1.82) is 0 Å². The standard InChI is InChI=1S/C21H19N3O7/c1-23-19(28)17(18(22)24(21(23)30)10-12-5-3-2-4-6-12)16(27)11-31-20(29)14-8-7-13(25)9-15(14)26/h2-9,25-26H,10-11,22H2,1H3. The minimum Gasteiger partial charge on any atom is -0.508 e. The number of rotatable bonds is 6. The smallest absolute Gasteiger partial charge is 0.342 e. The lowest BCUT2D eigenvalue weighted by Crippen LogP contribution is -2.43. The Kier molecular flexibility index (Phi) is 5.91. The van der Waals surface area contributed by atoms with E-state index in [1.807, 2.05) is 0 Å². The first-order chi connectivity index (χ1) is 14.7. The van der Waals surface area contributed by atoms with Crippen LogP contribution >= 0.6 is 0 Å². The van der Waals surface area contributed by atoms with Crippen LogP contribution in [0.25, 0.3) is 0 Å². The predicted octanol–water partition coefficient (Wildman–Crippen LogP) is 0.628. The Balaban J connectivity index is 1.89. The number of phenolic OH excluding ortho intramolecular Hbond substituents is 2. The minimum atomic E-state index is -1.04. The molecule has 0 spiro atoms. The maximum atomic E-state index is 12.6. The number of aromatic hydroxyl groups is 2. The summed E-state index contributed by atoms with van der Waals surface area (Å²) in [6, 6.07) is 12.0. The summed E-state index contributed by atoms with van der Waals surface area (Å²) in [4.78, 5) is 49.8. The number of nitrogen functional groups attached to an aromatic ring is 1. The highest BCUT2D eigenvalue weighted by molar-refractivity contribution is 6.02. The van der Waals surface area contributed by atoms with Gasteiger partial charge in [-0.15, -0.1) is 0 Å². The van der Waals surface area contributed by atoms with Crippen LogP contribution in [-0.4, -0.2) is 37.7 Å². The molecule has 0 saturated carbocycles. The Morgan fingerprint density at radius 3 is 2.39 bits per heavy atom. The van der Waals surface area contributed by atoms with Crippen LogP contribution < -0.4 is 17.0 Å². The van der Waals surface area contributed by atoms with E-state index >= 15 is 0 Å². The average Bonchev–Trinajstić information content (AvgIpc) is 2.74. The monoisotopic (exact) mass is 425 g/mol. The molecule has 31 heavy (non-hydrogen) atoms. The molecule has 10 nitrogen and oxygen atoms in total. The predicted molar refractivity (Wildman–Crippen MR) is 110 cm³/mol. The van der Waals surface area contributed by atoms with Crippen molar-refractivity contribution in [3.05, 3.63) is 86.1 Å². The van der Waals surface area contributed by atoms with Crippen LogP contribution in [0.1, 0.15) is 26.3 Å². The van der Waals surface area contributed by atoms with E-state index in [0.29, 0.717) is 0 Å². The number of carbonyl (C=O) groups excluding carboxylic acids is 2. The molecule has 0 radical (unpaired) electrons. The second-order valence-electron chi connectivity index (χ2n) is 6.68. The van der Waals surface area contributed by atoms with Crippen molar-refractivity contribution < 1.29 is 24.5 Å². The van der Waals surface area contributed by atoms with Gasteiger partial charge < -0.3 is 20.7 Å². The first kappa shape index (κ1) is 21.4. The Labute approximate surface area is 175 Å². The van der Waals surface area contributed by atoms with Crippen molar-refractivity contribution in [2.75, 3.05) is 12.3 Å². The van der Waals surface area contributed by atoms with E-state index in [9.17, 15) is 29.4 Å². The number of hydrogen-bond donors (Lipinski definition) is 3. The lowest BCUT2D eigenvalue weighted by atomic mass is 10.1. The number of Topliss-reactive ketones (excluding diaryl/α,β-unsaturated/α-hetero) is 1. The van der Waals surface area contributed by atoms with Crippen molar-refractivity contribution in [3.8, 4) is 11.5 Å². The van der Waals surface area contributed by atoms with E-state index in [2.05, 4.69) is 0 Å². The van der Waals surface area contributed by atoms with Gasteiger partial charge in [0.1, 0.15) is 28.4 Å². The average molecular weight is 425 g/mol. The molecule has 3 aromatic rings. The summed E-state index contributed by atoms with van der Waals surface area (Å²) in [7, 11) is 1.21. The Morgan fingerprint density at radius 1 is 1.06 bits per heavy atom. The highest BCUT2D eigenvalue weighted by atomic mass is 16.5. The molecule has 0 fully saturated rings. The molecular formula is C21H19N3O7. The quantitative estimate of drug-likeness (QED) is 0.384. The number of benzene rings is 2. The molecule has 0 aliphatic heterocycles. The molecule has 4 N–H and O–H groups in total. The topological polar surface area (TPSA) is 154 Å². The van der Waals surface area contributed by atoms with Crippen molar-refractivity contribution in [1.82, 2.24) is 9.13 Å². The molecular weight excluding hydrogens is 406 g/mol. The van der Waals surface area contributed by atoms with Crippen LogP contribution in [-0.2, 0) is 18.3 Å². The van der Waals surface area contributed by atoms with Crippen molar-refractivity contribution in [2.45, 2.75) is 6.54 Å². The number of anilines is 1. The second kappa shape index (κ2) is 8.57. The molecule has 0 bridgehead atoms. The number of esters is 1. The minimum absolute atomic E-state index is 0.0288. The number of phenols is 2. The van der Waals surface area contributed by atoms with E-state index in [1.165, 1.54) is 7.05 Å². The van der Waals surface area contributed by atoms with Gasteiger partial charge in [0.05, 0.1) is 6.54 Å². The van der Waals surface area contributed by atoms with Crippen LogP contribution in [0.4, 0.5) is 5.82 Å². The summed E-state index contributed by atoms with van der Waals surface area (Å²) in [5.41, 5.74) is 4.33. The van der Waals surface area contributed by atoms with Crippen molar-refractivity contribution in [2.24, 2.45) is 7.05 Å². The fourth-order valence-corrected chi connectivity index (χ4v) is 2.94. The van der Waals surface area contributed by atoms with Gasteiger partial charge in [-0.2, -0.15) is 0 Å². The third kappa shape index (κ3) is 4.32. The second-order valence-corrected chi connectivity index (χ2v) is 6.68. The van der Waals surface area contributed by atoms with Crippen LogP contribution in [0, 0.1) is 0 Å². The van der Waals surface area contributed by atoms with Gasteiger partial charge in [0.15, 0.2) is 6.61 Å². The maximum absolute atomic E-state index is 12.6. The lowest BCUT2D eigenvalue weighted by Gasteiger charge is -2.15. The molecule has 2 aromatic carbocycles. The normalized spacial score (nSPS) is 10.6. The Morgan fingerprint density at radius 2 is 1.74 bits per heavy atom. The van der Waals surface area contributed by atoms with Crippen molar-refractivity contribution >= 4 is 17.6 Å². The molecule has 160 valence electrons. The molecule has 0 unspecified atom stereocenters. The molecule has 0 saturated heterocycles. The Bertz CT molecular complexity index is 1280. The lowest BCUT2D eigenvalue weighted by molar-refractivity contribution is 0.0471. The zero-order chi connectivity index (χ0) is 22.7. The maximum Gasteiger partial charge on any atom is 0.342 e. The summed E-state index contributed by atoms with van der Waals surface area (Å²) in [5, 5.41) is 19.0. The van der Waals surface area contributed by atoms with Gasteiger partial charge in [-0.1, -0.05) is 30.3 Å². The number of hydrogen-bond acceptors (Lipinski definition) is 8. The summed E-state index contributed by atoms with van der Waals surface area (Å²) in [5.74, 6) is -3.10. The van der Waals surface area contributed by atoms with Gasteiger partial charge in [-0.05, 0) is 17.7 Å². The largest absolute Gasteiger partial charge is 0.508 e. The zero-order valence-corrected chi connectivity index (χ0v) is 16.4. The van der Waals surface area contributed by atoms with Crippen LogP contribution in [0.15, 0.2) is 58.1 Å². The van der Waals surface area contributed by atoms with Crippen LogP contribution in [0.3, 0.4) is 0 Å². The van der Waals surface area contributed by atoms with E-state index in [0.717, 1.165) is 32.9 Å². The van der Waals surface area contributed by atoms with Gasteiger partial charge in [0.25, 0.3) is 5.56 Å². The highest BCUT2D eigenvalue weighted by Gasteiger charge is 2.23. The molecule has 1 heterocycles. The number of ether oxygens (including phenoxy) is 1. The fraction of sp³-hybridized carbons (Fsp3) is 0.143. The fourth-order valence-electron chi connectivity index (χ4n) is 2.94. The Hall–Kier alpha value is -4.34. The molecule has 0 atom stereocenters. The van der Waals surface area contributed by atoms with Crippen LogP contribution in [0.5, 0.6) is 11.5 Å². The zero-order valence-electron chi connectivity index (χ0n) is 16.4. The number of nitrogens with zero attached hydrogens (tertiary/aromatic N) is 2. The van der Waals surface area contributed by atoms with Gasteiger partial charge in [-0.3, -0.25) is 18.7 Å². The molecule has 0 amide bonds. The summed E-state index contributed by atoms with van der Waals surface area (Å²) >= 11 is 0. The summed E-state index contributed by atoms with van der Waals surface area (Å²) in [6.45, 7) is -0.816. The summed E-state index contributed by atoms with van der Waals surface area (Å²) < 4.78 is 6.71. The van der Waals surface area contributed by atoms with Gasteiger partial charge in [0.2, 0.25) is 5.78 Å². The van der Waals surface area contributed by atoms with E-state index < -0.39 is 40.9 Å². The molecule has 0 aliphatic carbocycles. The SMILES string of the molecule is Cn1c(=O)c(C(=O)COC(=O)c2ccc(O)cc2O)c(N)n(Cc2ccccc2)c1=O. The number of ketones is 1. The van der Waals surface area contributed by atoms with Gasteiger partial charge in [-0.25, -0.2) is 9.59 Å².